The Morgan fingerprint density at radius 3 is 2.67 bits per heavy atom. The fourth-order valence-corrected chi connectivity index (χ4v) is 3.19. The molecule has 3 N–H and O–H groups in total. The van der Waals surface area contributed by atoms with Gasteiger partial charge in [0.15, 0.2) is 0 Å². The third kappa shape index (κ3) is 4.51. The van der Waals surface area contributed by atoms with Gasteiger partial charge in [-0.1, -0.05) is 30.3 Å². The average Bonchev–Trinajstić information content (AvgIpc) is 3.07. The van der Waals surface area contributed by atoms with Crippen LogP contribution < -0.4 is 16.0 Å². The lowest BCUT2D eigenvalue weighted by atomic mass is 10.1. The summed E-state index contributed by atoms with van der Waals surface area (Å²) in [7, 11) is 0. The van der Waals surface area contributed by atoms with Gasteiger partial charge in [0.1, 0.15) is 11.4 Å². The maximum absolute atomic E-state index is 13.4. The third-order valence-corrected chi connectivity index (χ3v) is 4.63. The Labute approximate surface area is 170 Å². The molecule has 6 nitrogen and oxygen atoms in total. The van der Waals surface area contributed by atoms with Crippen LogP contribution in [0.25, 0.3) is 0 Å². The lowest BCUT2D eigenvalue weighted by Gasteiger charge is -2.15. The fourth-order valence-electron chi connectivity index (χ4n) is 3.19. The predicted octanol–water partition coefficient (Wildman–Crippen LogP) is 4.39. The number of aromatic nitrogens is 2. The van der Waals surface area contributed by atoms with Gasteiger partial charge in [0, 0.05) is 24.1 Å². The van der Waals surface area contributed by atoms with E-state index in [0.717, 1.165) is 23.0 Å². The Kier molecular flexibility index (Phi) is 5.26. The molecule has 0 radical (unpaired) electrons. The summed E-state index contributed by atoms with van der Waals surface area (Å²) in [6.07, 6.45) is -3.01. The van der Waals surface area contributed by atoms with Crippen molar-refractivity contribution in [3.63, 3.8) is 0 Å². The molecular formula is C21H18F3N5O. The van der Waals surface area contributed by atoms with Crippen LogP contribution in [0.5, 0.6) is 0 Å². The molecule has 1 aliphatic rings. The van der Waals surface area contributed by atoms with Gasteiger partial charge >= 0.3 is 6.18 Å². The first-order valence-corrected chi connectivity index (χ1v) is 9.30. The van der Waals surface area contributed by atoms with E-state index in [4.69, 9.17) is 0 Å². The maximum Gasteiger partial charge on any atom is 0.421 e. The Morgan fingerprint density at radius 1 is 1.10 bits per heavy atom. The third-order valence-electron chi connectivity index (χ3n) is 4.63. The van der Waals surface area contributed by atoms with Crippen molar-refractivity contribution in [3.05, 3.63) is 71.4 Å². The van der Waals surface area contributed by atoms with Crippen molar-refractivity contribution in [1.29, 1.82) is 0 Å². The van der Waals surface area contributed by atoms with E-state index in [1.54, 1.807) is 18.2 Å². The summed E-state index contributed by atoms with van der Waals surface area (Å²) in [6, 6.07) is 14.6. The van der Waals surface area contributed by atoms with Crippen molar-refractivity contribution >= 4 is 29.0 Å². The number of halogens is 3. The first-order valence-electron chi connectivity index (χ1n) is 9.30. The molecule has 1 amide bonds. The minimum absolute atomic E-state index is 0.0300. The topological polar surface area (TPSA) is 78.9 Å². The highest BCUT2D eigenvalue weighted by atomic mass is 19.4. The molecular weight excluding hydrogens is 395 g/mol. The number of nitrogens with one attached hydrogen (secondary N) is 3. The van der Waals surface area contributed by atoms with Crippen molar-refractivity contribution in [1.82, 2.24) is 9.97 Å². The summed E-state index contributed by atoms with van der Waals surface area (Å²) >= 11 is 0. The molecule has 0 fully saturated rings. The predicted molar refractivity (Wildman–Crippen MR) is 108 cm³/mol. The molecule has 0 atom stereocenters. The molecule has 4 rings (SSSR count). The van der Waals surface area contributed by atoms with Crippen LogP contribution in [0.4, 0.5) is 36.3 Å². The SMILES string of the molecule is O=C1Cc2cc(Nc3ncc(C(F)(F)F)c(NCCc4ccccc4)n3)ccc2N1. The van der Waals surface area contributed by atoms with Crippen molar-refractivity contribution in [3.8, 4) is 0 Å². The molecule has 2 heterocycles. The van der Waals surface area contributed by atoms with Gasteiger partial charge < -0.3 is 16.0 Å². The molecule has 3 aromatic rings. The van der Waals surface area contributed by atoms with Crippen LogP contribution in [0.2, 0.25) is 0 Å². The van der Waals surface area contributed by atoms with Gasteiger partial charge in [0.05, 0.1) is 6.42 Å². The van der Waals surface area contributed by atoms with E-state index in [2.05, 4.69) is 25.9 Å². The number of rotatable bonds is 6. The summed E-state index contributed by atoms with van der Waals surface area (Å²) in [4.78, 5) is 19.3. The van der Waals surface area contributed by atoms with Crippen molar-refractivity contribution in [2.75, 3.05) is 22.5 Å². The highest BCUT2D eigenvalue weighted by Crippen LogP contribution is 2.34. The van der Waals surface area contributed by atoms with Crippen molar-refractivity contribution in [2.24, 2.45) is 0 Å². The number of amides is 1. The van der Waals surface area contributed by atoms with Gasteiger partial charge in [-0.25, -0.2) is 4.98 Å². The molecule has 30 heavy (non-hydrogen) atoms. The van der Waals surface area contributed by atoms with E-state index in [1.807, 2.05) is 30.3 Å². The van der Waals surface area contributed by atoms with Crippen LogP contribution >= 0.6 is 0 Å². The van der Waals surface area contributed by atoms with Crippen LogP contribution in [-0.4, -0.2) is 22.4 Å². The van der Waals surface area contributed by atoms with Gasteiger partial charge in [-0.15, -0.1) is 0 Å². The maximum atomic E-state index is 13.4. The van der Waals surface area contributed by atoms with E-state index >= 15 is 0 Å². The molecule has 2 aromatic carbocycles. The molecule has 1 aromatic heterocycles. The largest absolute Gasteiger partial charge is 0.421 e. The number of hydrogen-bond acceptors (Lipinski definition) is 5. The number of hydrogen-bond donors (Lipinski definition) is 3. The molecule has 0 aliphatic carbocycles. The van der Waals surface area contributed by atoms with Gasteiger partial charge in [-0.05, 0) is 35.7 Å². The Balaban J connectivity index is 1.52. The number of benzene rings is 2. The lowest BCUT2D eigenvalue weighted by Crippen LogP contribution is -2.16. The van der Waals surface area contributed by atoms with Crippen LogP contribution in [0.3, 0.4) is 0 Å². The Hall–Kier alpha value is -3.62. The molecule has 0 saturated carbocycles. The average molecular weight is 413 g/mol. The first kappa shape index (κ1) is 19.7. The van der Waals surface area contributed by atoms with Crippen LogP contribution in [0.15, 0.2) is 54.7 Å². The highest BCUT2D eigenvalue weighted by Gasteiger charge is 2.35. The number of anilines is 4. The summed E-state index contributed by atoms with van der Waals surface area (Å²) in [5.74, 6) is -0.353. The van der Waals surface area contributed by atoms with Gasteiger partial charge in [-0.2, -0.15) is 18.2 Å². The van der Waals surface area contributed by atoms with Crippen LogP contribution in [0, 0.1) is 0 Å². The normalized spacial score (nSPS) is 13.0. The number of carbonyl (C=O) groups excluding carboxylic acids is 1. The summed E-state index contributed by atoms with van der Waals surface area (Å²) < 4.78 is 40.1. The molecule has 0 bridgehead atoms. The highest BCUT2D eigenvalue weighted by molar-refractivity contribution is 5.99. The number of carbonyl (C=O) groups is 1. The zero-order valence-corrected chi connectivity index (χ0v) is 15.8. The summed E-state index contributed by atoms with van der Waals surface area (Å²) in [5.41, 5.74) is 2.19. The molecule has 1 aliphatic heterocycles. The smallest absolute Gasteiger partial charge is 0.369 e. The van der Waals surface area contributed by atoms with E-state index in [-0.39, 0.29) is 30.6 Å². The number of alkyl halides is 3. The molecule has 154 valence electrons. The fraction of sp³-hybridized carbons (Fsp3) is 0.190. The minimum atomic E-state index is -4.58. The second-order valence-electron chi connectivity index (χ2n) is 6.84. The second kappa shape index (κ2) is 8.02. The Morgan fingerprint density at radius 2 is 1.90 bits per heavy atom. The summed E-state index contributed by atoms with van der Waals surface area (Å²) in [5, 5.41) is 8.41. The monoisotopic (exact) mass is 413 g/mol. The van der Waals surface area contributed by atoms with E-state index in [1.165, 1.54) is 0 Å². The van der Waals surface area contributed by atoms with Crippen LogP contribution in [0.1, 0.15) is 16.7 Å². The molecule has 0 spiro atoms. The quantitative estimate of drug-likeness (QED) is 0.559. The van der Waals surface area contributed by atoms with Gasteiger partial charge in [-0.3, -0.25) is 4.79 Å². The first-order chi connectivity index (χ1) is 14.4. The van der Waals surface area contributed by atoms with Crippen molar-refractivity contribution < 1.29 is 18.0 Å². The second-order valence-corrected chi connectivity index (χ2v) is 6.84. The van der Waals surface area contributed by atoms with Gasteiger partial charge in [0.25, 0.3) is 0 Å². The van der Waals surface area contributed by atoms with E-state index in [0.29, 0.717) is 12.1 Å². The van der Waals surface area contributed by atoms with Crippen molar-refractivity contribution in [2.45, 2.75) is 19.0 Å². The van der Waals surface area contributed by atoms with Gasteiger partial charge in [0.2, 0.25) is 11.9 Å². The molecule has 9 heteroatoms. The van der Waals surface area contributed by atoms with E-state index < -0.39 is 11.7 Å². The number of fused-ring (bicyclic) bond motifs is 1. The lowest BCUT2D eigenvalue weighted by molar-refractivity contribution is -0.137. The zero-order valence-electron chi connectivity index (χ0n) is 15.8. The van der Waals surface area contributed by atoms with Crippen LogP contribution in [-0.2, 0) is 23.8 Å². The Bertz CT molecular complexity index is 1070. The van der Waals surface area contributed by atoms with E-state index in [9.17, 15) is 18.0 Å². The molecule has 0 saturated heterocycles. The minimum Gasteiger partial charge on any atom is -0.369 e. The summed E-state index contributed by atoms with van der Waals surface area (Å²) in [6.45, 7) is 0.288. The number of nitrogens with zero attached hydrogens (tertiary/aromatic N) is 2. The zero-order chi connectivity index (χ0) is 21.1. The standard InChI is InChI=1S/C21H18F3N5O/c22-21(23,24)16-12-26-20(27-15-6-7-17-14(10-15)11-18(30)28-17)29-19(16)25-9-8-13-4-2-1-3-5-13/h1-7,10,12H,8-9,11H2,(H,28,30)(H2,25,26,27,29). The molecule has 0 unspecified atom stereocenters.